The zero-order valence-corrected chi connectivity index (χ0v) is 19.2. The molecule has 2 heterocycles. The van der Waals surface area contributed by atoms with E-state index < -0.39 is 17.7 Å². The Bertz CT molecular complexity index is 980. The van der Waals surface area contributed by atoms with Crippen molar-refractivity contribution in [2.24, 2.45) is 0 Å². The van der Waals surface area contributed by atoms with E-state index in [0.717, 1.165) is 23.7 Å². The van der Waals surface area contributed by atoms with Crippen LogP contribution >= 0.6 is 22.9 Å². The summed E-state index contributed by atoms with van der Waals surface area (Å²) >= 11 is 7.32. The summed E-state index contributed by atoms with van der Waals surface area (Å²) in [4.78, 5) is 35.0. The van der Waals surface area contributed by atoms with E-state index in [-0.39, 0.29) is 11.4 Å². The van der Waals surface area contributed by atoms with E-state index >= 15 is 0 Å². The number of benzene rings is 1. The fraction of sp³-hybridized carbons (Fsp3) is 0.409. The van der Waals surface area contributed by atoms with Gasteiger partial charge in [-0.25, -0.2) is 4.98 Å². The number of hydrogen-bond donors (Lipinski definition) is 1. The predicted molar refractivity (Wildman–Crippen MR) is 119 cm³/mol. The molecule has 1 atom stereocenters. The number of aryl methyl sites for hydroxylation is 2. The number of rotatable bonds is 8. The summed E-state index contributed by atoms with van der Waals surface area (Å²) in [6, 6.07) is 6.37. The first-order valence-electron chi connectivity index (χ1n) is 9.99. The van der Waals surface area contributed by atoms with Gasteiger partial charge in [-0.2, -0.15) is 0 Å². The van der Waals surface area contributed by atoms with Crippen molar-refractivity contribution in [3.8, 4) is 0 Å². The number of aliphatic hydroxyl groups is 1. The van der Waals surface area contributed by atoms with Gasteiger partial charge in [-0.15, -0.1) is 11.3 Å². The summed E-state index contributed by atoms with van der Waals surface area (Å²) in [6.45, 7) is 10.5. The van der Waals surface area contributed by atoms with Crippen molar-refractivity contribution in [2.45, 2.75) is 33.7 Å². The molecule has 0 fully saturated rings. The molecule has 1 aliphatic heterocycles. The van der Waals surface area contributed by atoms with Crippen LogP contribution in [0.4, 0.5) is 0 Å². The van der Waals surface area contributed by atoms with Crippen LogP contribution in [-0.2, 0) is 4.79 Å². The van der Waals surface area contributed by atoms with Crippen molar-refractivity contribution in [3.63, 3.8) is 0 Å². The van der Waals surface area contributed by atoms with Crippen molar-refractivity contribution in [2.75, 3.05) is 26.2 Å². The average molecular weight is 448 g/mol. The lowest BCUT2D eigenvalue weighted by atomic mass is 9.95. The highest BCUT2D eigenvalue weighted by molar-refractivity contribution is 7.14. The lowest BCUT2D eigenvalue weighted by molar-refractivity contribution is -0.129. The van der Waals surface area contributed by atoms with Crippen molar-refractivity contribution in [1.82, 2.24) is 14.8 Å². The number of likely N-dealkylation sites (N-methyl/N-ethyl adjacent to an activating group) is 1. The minimum atomic E-state index is -0.667. The summed E-state index contributed by atoms with van der Waals surface area (Å²) in [6.07, 6.45) is 0. The number of aliphatic hydroxyl groups excluding tert-OH is 1. The van der Waals surface area contributed by atoms with Crippen LogP contribution in [0.15, 0.2) is 35.6 Å². The zero-order chi connectivity index (χ0) is 22.0. The predicted octanol–water partition coefficient (Wildman–Crippen LogP) is 4.33. The second-order valence-electron chi connectivity index (χ2n) is 7.22. The second-order valence-corrected chi connectivity index (χ2v) is 8.86. The molecule has 1 aromatic heterocycles. The van der Waals surface area contributed by atoms with Crippen molar-refractivity contribution in [3.05, 3.63) is 61.8 Å². The van der Waals surface area contributed by atoms with E-state index in [1.54, 1.807) is 36.1 Å². The largest absolute Gasteiger partial charge is 0.503 e. The van der Waals surface area contributed by atoms with Gasteiger partial charge < -0.3 is 14.9 Å². The Labute approximate surface area is 185 Å². The molecule has 2 aromatic rings. The molecular weight excluding hydrogens is 422 g/mol. The van der Waals surface area contributed by atoms with E-state index in [1.807, 2.05) is 6.92 Å². The Kier molecular flexibility index (Phi) is 6.95. The van der Waals surface area contributed by atoms with E-state index in [2.05, 4.69) is 23.7 Å². The van der Waals surface area contributed by atoms with Crippen molar-refractivity contribution in [1.29, 1.82) is 0 Å². The van der Waals surface area contributed by atoms with Crippen LogP contribution < -0.4 is 0 Å². The van der Waals surface area contributed by atoms with Gasteiger partial charge in [0.2, 0.25) is 5.78 Å². The molecule has 0 saturated heterocycles. The lowest BCUT2D eigenvalue weighted by Gasteiger charge is -2.29. The standard InChI is InChI=1S/C22H26ClN3O3S/c1-5-25(6-2)11-12-26-18(15-7-9-16(23)10-8-15)17(20(28)22(26)29)19(27)21-13(3)24-14(4)30-21/h7-10,18,28H,5-6,11-12H2,1-4H3/t18-/m1/s1. The van der Waals surface area contributed by atoms with E-state index in [9.17, 15) is 14.7 Å². The first-order valence-corrected chi connectivity index (χ1v) is 11.2. The molecular formula is C22H26ClN3O3S. The molecule has 8 heteroatoms. The van der Waals surface area contributed by atoms with Gasteiger partial charge in [0, 0.05) is 18.1 Å². The molecule has 160 valence electrons. The number of carbonyl (C=O) groups is 2. The van der Waals surface area contributed by atoms with Gasteiger partial charge in [0.1, 0.15) is 0 Å². The first-order chi connectivity index (χ1) is 14.3. The number of hydrogen-bond acceptors (Lipinski definition) is 6. The molecule has 0 saturated carbocycles. The number of nitrogens with zero attached hydrogens (tertiary/aromatic N) is 3. The van der Waals surface area contributed by atoms with Gasteiger partial charge in [0.05, 0.1) is 27.2 Å². The monoisotopic (exact) mass is 447 g/mol. The maximum atomic E-state index is 13.4. The molecule has 1 aromatic carbocycles. The van der Waals surface area contributed by atoms with Gasteiger partial charge in [-0.1, -0.05) is 37.6 Å². The number of ketones is 1. The quantitative estimate of drug-likeness (QED) is 0.609. The smallest absolute Gasteiger partial charge is 0.290 e. The van der Waals surface area contributed by atoms with Crippen LogP contribution in [0.25, 0.3) is 0 Å². The molecule has 30 heavy (non-hydrogen) atoms. The molecule has 0 aliphatic carbocycles. The molecule has 1 aliphatic rings. The summed E-state index contributed by atoms with van der Waals surface area (Å²) in [5.41, 5.74) is 1.44. The van der Waals surface area contributed by atoms with Gasteiger partial charge in [-0.3, -0.25) is 9.59 Å². The highest BCUT2D eigenvalue weighted by atomic mass is 35.5. The van der Waals surface area contributed by atoms with E-state index in [0.29, 0.717) is 28.7 Å². The molecule has 0 bridgehead atoms. The molecule has 0 unspecified atom stereocenters. The number of Topliss-reactive ketones (excluding diaryl/α,β-unsaturated/α-hetero) is 1. The maximum absolute atomic E-state index is 13.4. The van der Waals surface area contributed by atoms with Crippen LogP contribution in [0.2, 0.25) is 5.02 Å². The van der Waals surface area contributed by atoms with Crippen LogP contribution in [0.3, 0.4) is 0 Å². The molecule has 0 radical (unpaired) electrons. The Morgan fingerprint density at radius 3 is 2.40 bits per heavy atom. The van der Waals surface area contributed by atoms with Crippen LogP contribution in [-0.4, -0.2) is 57.8 Å². The van der Waals surface area contributed by atoms with Gasteiger partial charge >= 0.3 is 0 Å². The number of carbonyl (C=O) groups excluding carboxylic acids is 2. The third-order valence-corrected chi connectivity index (χ3v) is 6.72. The number of halogens is 1. The maximum Gasteiger partial charge on any atom is 0.290 e. The summed E-state index contributed by atoms with van der Waals surface area (Å²) in [7, 11) is 0. The van der Waals surface area contributed by atoms with Crippen LogP contribution in [0, 0.1) is 13.8 Å². The molecule has 6 nitrogen and oxygen atoms in total. The highest BCUT2D eigenvalue weighted by Crippen LogP contribution is 2.40. The Hall–Kier alpha value is -2.22. The minimum Gasteiger partial charge on any atom is -0.503 e. The lowest BCUT2D eigenvalue weighted by Crippen LogP contribution is -2.38. The normalized spacial score (nSPS) is 16.8. The van der Waals surface area contributed by atoms with Gasteiger partial charge in [0.25, 0.3) is 5.91 Å². The molecule has 3 rings (SSSR count). The first kappa shape index (κ1) is 22.5. The number of aromatic nitrogens is 1. The third-order valence-electron chi connectivity index (χ3n) is 5.40. The fourth-order valence-corrected chi connectivity index (χ4v) is 4.76. The summed E-state index contributed by atoms with van der Waals surface area (Å²) in [5, 5.41) is 12.1. The van der Waals surface area contributed by atoms with E-state index in [4.69, 9.17) is 11.6 Å². The molecule has 1 N–H and O–H groups in total. The highest BCUT2D eigenvalue weighted by Gasteiger charge is 2.44. The van der Waals surface area contributed by atoms with Crippen molar-refractivity contribution >= 4 is 34.6 Å². The van der Waals surface area contributed by atoms with Gasteiger partial charge in [0.15, 0.2) is 5.76 Å². The Balaban J connectivity index is 2.04. The average Bonchev–Trinajstić information content (AvgIpc) is 3.19. The summed E-state index contributed by atoms with van der Waals surface area (Å²) < 4.78 is 0. The summed E-state index contributed by atoms with van der Waals surface area (Å²) in [5.74, 6) is -1.36. The molecule has 1 amide bonds. The SMILES string of the molecule is CCN(CC)CCN1C(=O)C(O)=C(C(=O)c2sc(C)nc2C)[C@H]1c1ccc(Cl)cc1. The Morgan fingerprint density at radius 2 is 1.87 bits per heavy atom. The zero-order valence-electron chi connectivity index (χ0n) is 17.6. The van der Waals surface area contributed by atoms with Crippen LogP contribution in [0.5, 0.6) is 0 Å². The van der Waals surface area contributed by atoms with Crippen LogP contribution in [0.1, 0.15) is 45.8 Å². The second kappa shape index (κ2) is 9.29. The molecule has 0 spiro atoms. The number of amides is 1. The topological polar surface area (TPSA) is 73.7 Å². The fourth-order valence-electron chi connectivity index (χ4n) is 3.76. The third kappa shape index (κ3) is 4.29. The Morgan fingerprint density at radius 1 is 1.23 bits per heavy atom. The van der Waals surface area contributed by atoms with E-state index in [1.165, 1.54) is 11.3 Å². The minimum absolute atomic E-state index is 0.105. The van der Waals surface area contributed by atoms with Gasteiger partial charge in [-0.05, 0) is 44.6 Å². The number of thiazole rings is 1. The van der Waals surface area contributed by atoms with Crippen molar-refractivity contribution < 1.29 is 14.7 Å².